The fourth-order valence-electron chi connectivity index (χ4n) is 4.03. The first kappa shape index (κ1) is 21.0. The number of imide groups is 1. The Morgan fingerprint density at radius 3 is 2.55 bits per heavy atom. The van der Waals surface area contributed by atoms with Crippen LogP contribution in [0, 0.1) is 11.8 Å². The van der Waals surface area contributed by atoms with Gasteiger partial charge in [0.25, 0.3) is 5.91 Å². The van der Waals surface area contributed by atoms with E-state index in [4.69, 9.17) is 5.11 Å². The zero-order valence-corrected chi connectivity index (χ0v) is 18.2. The molecule has 8 heteroatoms. The maximum Gasteiger partial charge on any atom is 0.335 e. The van der Waals surface area contributed by atoms with Crippen LogP contribution in [0.1, 0.15) is 40.5 Å². The summed E-state index contributed by atoms with van der Waals surface area (Å²) in [6, 6.07) is 10.6. The normalized spacial score (nSPS) is 20.3. The van der Waals surface area contributed by atoms with Crippen molar-refractivity contribution in [3.05, 3.63) is 69.7 Å². The summed E-state index contributed by atoms with van der Waals surface area (Å²) in [6.45, 7) is 1.96. The molecule has 2 N–H and O–H groups in total. The average Bonchev–Trinajstić information content (AvgIpc) is 2.99. The molecule has 0 spiro atoms. The molecule has 2 atom stereocenters. The van der Waals surface area contributed by atoms with Gasteiger partial charge < -0.3 is 10.4 Å². The van der Waals surface area contributed by atoms with E-state index in [0.717, 1.165) is 5.57 Å². The topological polar surface area (TPSA) is 104 Å². The van der Waals surface area contributed by atoms with E-state index in [2.05, 4.69) is 21.2 Å². The Hall–Kier alpha value is -3.26. The molecule has 0 saturated carbocycles. The molecule has 31 heavy (non-hydrogen) atoms. The minimum Gasteiger partial charge on any atom is -0.478 e. The van der Waals surface area contributed by atoms with Crippen molar-refractivity contribution in [2.45, 2.75) is 19.8 Å². The number of halogens is 1. The molecule has 4 rings (SSSR count). The van der Waals surface area contributed by atoms with Gasteiger partial charge in [0, 0.05) is 10.0 Å². The number of benzene rings is 2. The molecule has 0 unspecified atom stereocenters. The second kappa shape index (κ2) is 8.11. The Bertz CT molecular complexity index is 1160. The molecule has 0 bridgehead atoms. The lowest BCUT2D eigenvalue weighted by atomic mass is 9.82. The number of rotatable bonds is 4. The van der Waals surface area contributed by atoms with Crippen LogP contribution in [0.2, 0.25) is 0 Å². The number of carboxylic acid groups (broad SMARTS) is 1. The van der Waals surface area contributed by atoms with Crippen molar-refractivity contribution in [2.75, 3.05) is 10.2 Å². The van der Waals surface area contributed by atoms with E-state index in [1.54, 1.807) is 18.2 Å². The van der Waals surface area contributed by atoms with Crippen LogP contribution < -0.4 is 10.2 Å². The fourth-order valence-corrected chi connectivity index (χ4v) is 4.37. The highest BCUT2D eigenvalue weighted by molar-refractivity contribution is 9.10. The number of carbonyl (C=O) groups is 4. The van der Waals surface area contributed by atoms with Crippen molar-refractivity contribution in [2.24, 2.45) is 11.8 Å². The maximum atomic E-state index is 12.9. The lowest BCUT2D eigenvalue weighted by Crippen LogP contribution is -2.31. The highest BCUT2D eigenvalue weighted by atomic mass is 79.9. The van der Waals surface area contributed by atoms with Crippen molar-refractivity contribution in [3.8, 4) is 0 Å². The van der Waals surface area contributed by atoms with Gasteiger partial charge in [0.15, 0.2) is 0 Å². The van der Waals surface area contributed by atoms with E-state index in [9.17, 15) is 19.2 Å². The van der Waals surface area contributed by atoms with Crippen LogP contribution in [0.25, 0.3) is 0 Å². The number of carbonyl (C=O) groups excluding carboxylic acids is 3. The minimum absolute atomic E-state index is 0.0343. The summed E-state index contributed by atoms with van der Waals surface area (Å²) >= 11 is 3.29. The van der Waals surface area contributed by atoms with Gasteiger partial charge in [-0.3, -0.25) is 19.3 Å². The first-order valence-corrected chi connectivity index (χ1v) is 10.5. The third kappa shape index (κ3) is 3.90. The van der Waals surface area contributed by atoms with E-state index in [-0.39, 0.29) is 34.8 Å². The van der Waals surface area contributed by atoms with Gasteiger partial charge in [0.2, 0.25) is 11.8 Å². The molecule has 1 fully saturated rings. The number of fused-ring (bicyclic) bond motifs is 1. The maximum absolute atomic E-state index is 12.9. The standard InChI is InChI=1S/C23H19BrN2O5/c1-12-5-7-16-17(9-12)22(29)26(21(16)28)15-4-2-3-13(10-15)20(27)25-19-11-14(23(30)31)6-8-18(19)24/h2-6,8,10-11,16-17H,7,9H2,1H3,(H,25,27)(H,30,31)/t16-,17+/m0/s1. The second-order valence-corrected chi connectivity index (χ2v) is 8.57. The Morgan fingerprint density at radius 1 is 1.06 bits per heavy atom. The Balaban J connectivity index is 1.59. The van der Waals surface area contributed by atoms with Crippen molar-refractivity contribution in [1.29, 1.82) is 0 Å². The van der Waals surface area contributed by atoms with Gasteiger partial charge in [-0.1, -0.05) is 17.7 Å². The van der Waals surface area contributed by atoms with Crippen molar-refractivity contribution in [3.63, 3.8) is 0 Å². The second-order valence-electron chi connectivity index (χ2n) is 7.72. The van der Waals surface area contributed by atoms with Crippen LogP contribution in [-0.2, 0) is 9.59 Å². The molecular weight excluding hydrogens is 464 g/mol. The molecule has 3 amide bonds. The first-order chi connectivity index (χ1) is 14.8. The molecule has 1 heterocycles. The predicted molar refractivity (Wildman–Crippen MR) is 118 cm³/mol. The summed E-state index contributed by atoms with van der Waals surface area (Å²) in [6.07, 6.45) is 3.12. The summed E-state index contributed by atoms with van der Waals surface area (Å²) < 4.78 is 0.527. The number of carboxylic acids is 1. The zero-order chi connectivity index (χ0) is 22.3. The number of amides is 3. The van der Waals surface area contributed by atoms with Gasteiger partial charge in [-0.25, -0.2) is 4.79 Å². The zero-order valence-electron chi connectivity index (χ0n) is 16.6. The summed E-state index contributed by atoms with van der Waals surface area (Å²) in [5.41, 5.74) is 2.04. The number of nitrogens with zero attached hydrogens (tertiary/aromatic N) is 1. The molecule has 2 aromatic rings. The predicted octanol–water partition coefficient (Wildman–Crippen LogP) is 4.25. The Labute approximate surface area is 186 Å². The van der Waals surface area contributed by atoms with E-state index in [1.807, 2.05) is 13.0 Å². The first-order valence-electron chi connectivity index (χ1n) is 9.74. The number of hydrogen-bond donors (Lipinski definition) is 2. The molecule has 7 nitrogen and oxygen atoms in total. The van der Waals surface area contributed by atoms with Crippen LogP contribution in [0.3, 0.4) is 0 Å². The molecule has 2 aromatic carbocycles. The number of hydrogen-bond acceptors (Lipinski definition) is 4. The molecule has 1 aliphatic carbocycles. The largest absolute Gasteiger partial charge is 0.478 e. The molecule has 2 aliphatic rings. The lowest BCUT2D eigenvalue weighted by molar-refractivity contribution is -0.122. The van der Waals surface area contributed by atoms with Gasteiger partial charge in [-0.2, -0.15) is 0 Å². The van der Waals surface area contributed by atoms with Crippen LogP contribution in [0.15, 0.2) is 58.6 Å². The number of allylic oxidation sites excluding steroid dienone is 2. The van der Waals surface area contributed by atoms with Crippen LogP contribution in [0.4, 0.5) is 11.4 Å². The fraction of sp³-hybridized carbons (Fsp3) is 0.217. The van der Waals surface area contributed by atoms with Crippen LogP contribution in [0.5, 0.6) is 0 Å². The average molecular weight is 483 g/mol. The van der Waals surface area contributed by atoms with E-state index >= 15 is 0 Å². The summed E-state index contributed by atoms with van der Waals surface area (Å²) in [7, 11) is 0. The third-order valence-electron chi connectivity index (χ3n) is 5.65. The highest BCUT2D eigenvalue weighted by Crippen LogP contribution is 2.39. The van der Waals surface area contributed by atoms with Gasteiger partial charge >= 0.3 is 5.97 Å². The summed E-state index contributed by atoms with van der Waals surface area (Å²) in [4.78, 5) is 51.0. The molecule has 0 aromatic heterocycles. The van der Waals surface area contributed by atoms with Gasteiger partial charge in [-0.05, 0) is 72.1 Å². The quantitative estimate of drug-likeness (QED) is 0.500. The van der Waals surface area contributed by atoms with Crippen LogP contribution in [-0.4, -0.2) is 28.8 Å². The SMILES string of the molecule is CC1=CC[C@@H]2C(=O)N(c3cccc(C(=O)Nc4cc(C(=O)O)ccc4Br)c3)C(=O)[C@@H]2C1. The highest BCUT2D eigenvalue weighted by Gasteiger charge is 2.48. The van der Waals surface area contributed by atoms with E-state index in [1.165, 1.54) is 29.2 Å². The van der Waals surface area contributed by atoms with E-state index < -0.39 is 11.9 Å². The molecule has 158 valence electrons. The van der Waals surface area contributed by atoms with Gasteiger partial charge in [-0.15, -0.1) is 0 Å². The number of aromatic carboxylic acids is 1. The molecule has 1 aliphatic heterocycles. The smallest absolute Gasteiger partial charge is 0.335 e. The number of anilines is 2. The monoisotopic (exact) mass is 482 g/mol. The van der Waals surface area contributed by atoms with Gasteiger partial charge in [0.1, 0.15) is 0 Å². The number of nitrogens with one attached hydrogen (secondary N) is 1. The Kier molecular flexibility index (Phi) is 5.49. The summed E-state index contributed by atoms with van der Waals surface area (Å²) in [5.74, 6) is -2.79. The molecular formula is C23H19BrN2O5. The summed E-state index contributed by atoms with van der Waals surface area (Å²) in [5, 5.41) is 11.8. The minimum atomic E-state index is -1.11. The van der Waals surface area contributed by atoms with Crippen LogP contribution >= 0.6 is 15.9 Å². The van der Waals surface area contributed by atoms with E-state index in [0.29, 0.717) is 28.7 Å². The molecule has 1 saturated heterocycles. The third-order valence-corrected chi connectivity index (χ3v) is 6.34. The molecule has 0 radical (unpaired) electrons. The van der Waals surface area contributed by atoms with Crippen molar-refractivity contribution >= 4 is 51.0 Å². The lowest BCUT2D eigenvalue weighted by Gasteiger charge is -2.18. The Morgan fingerprint density at radius 2 is 1.81 bits per heavy atom. The van der Waals surface area contributed by atoms with Crippen molar-refractivity contribution in [1.82, 2.24) is 0 Å². The van der Waals surface area contributed by atoms with Crippen molar-refractivity contribution < 1.29 is 24.3 Å². The van der Waals surface area contributed by atoms with Gasteiger partial charge in [0.05, 0.1) is 28.8 Å².